The molecule has 2 saturated heterocycles. The van der Waals surface area contributed by atoms with E-state index < -0.39 is 29.5 Å². The summed E-state index contributed by atoms with van der Waals surface area (Å²) < 4.78 is 5.83. The lowest BCUT2D eigenvalue weighted by Gasteiger charge is -2.21. The Morgan fingerprint density at radius 3 is 3.14 bits per heavy atom. The van der Waals surface area contributed by atoms with E-state index in [4.69, 9.17) is 4.74 Å². The van der Waals surface area contributed by atoms with Crippen LogP contribution in [0.25, 0.3) is 0 Å². The Hall–Kier alpha value is -2.21. The summed E-state index contributed by atoms with van der Waals surface area (Å²) in [5, 5.41) is 9.38. The quantitative estimate of drug-likeness (QED) is 0.816. The SMILES string of the molecule is O=C(O)[C@@H]1[C@H]2C=C[C@]3(CN(Cc4cccnc4)C(=O)[C@@H]13)O2. The fourth-order valence-electron chi connectivity index (χ4n) is 3.71. The van der Waals surface area contributed by atoms with Gasteiger partial charge in [-0.15, -0.1) is 0 Å². The van der Waals surface area contributed by atoms with Gasteiger partial charge in [-0.2, -0.15) is 0 Å². The average Bonchev–Trinajstić information content (AvgIpc) is 3.09. The predicted octanol–water partition coefficient (Wildman–Crippen LogP) is 0.448. The highest BCUT2D eigenvalue weighted by Crippen LogP contribution is 2.52. The van der Waals surface area contributed by atoms with Gasteiger partial charge in [0.15, 0.2) is 0 Å². The summed E-state index contributed by atoms with van der Waals surface area (Å²) in [5.41, 5.74) is 0.167. The zero-order valence-electron chi connectivity index (χ0n) is 11.2. The number of carboxylic acids is 1. The molecule has 1 N–H and O–H groups in total. The van der Waals surface area contributed by atoms with Crippen LogP contribution in [-0.4, -0.2) is 45.1 Å². The first-order valence-corrected chi connectivity index (χ1v) is 6.88. The number of hydrogen-bond acceptors (Lipinski definition) is 4. The van der Waals surface area contributed by atoms with Crippen LogP contribution < -0.4 is 0 Å². The maximum absolute atomic E-state index is 12.6. The van der Waals surface area contributed by atoms with Gasteiger partial charge >= 0.3 is 5.97 Å². The van der Waals surface area contributed by atoms with Crippen molar-refractivity contribution in [3.8, 4) is 0 Å². The zero-order valence-corrected chi connectivity index (χ0v) is 11.2. The lowest BCUT2D eigenvalue weighted by atomic mass is 9.77. The van der Waals surface area contributed by atoms with E-state index in [1.54, 1.807) is 23.4 Å². The third-order valence-corrected chi connectivity index (χ3v) is 4.56. The van der Waals surface area contributed by atoms with Crippen molar-refractivity contribution < 1.29 is 19.4 Å². The largest absolute Gasteiger partial charge is 0.481 e. The number of amides is 1. The molecule has 0 aromatic carbocycles. The summed E-state index contributed by atoms with van der Waals surface area (Å²) in [7, 11) is 0. The van der Waals surface area contributed by atoms with Gasteiger partial charge in [-0.1, -0.05) is 18.2 Å². The number of carbonyl (C=O) groups excluding carboxylic acids is 1. The molecule has 6 nitrogen and oxygen atoms in total. The molecule has 2 fully saturated rings. The minimum atomic E-state index is -0.965. The molecule has 1 amide bonds. The Kier molecular flexibility index (Phi) is 2.47. The summed E-state index contributed by atoms with van der Waals surface area (Å²) in [6.45, 7) is 0.835. The molecule has 6 heteroatoms. The normalized spacial score (nSPS) is 36.3. The molecule has 1 aromatic rings. The van der Waals surface area contributed by atoms with Crippen molar-refractivity contribution in [1.29, 1.82) is 0 Å². The van der Waals surface area contributed by atoms with Crippen LogP contribution in [-0.2, 0) is 20.9 Å². The molecule has 3 aliphatic rings. The molecule has 0 aliphatic carbocycles. The molecule has 4 heterocycles. The van der Waals surface area contributed by atoms with Gasteiger partial charge < -0.3 is 14.7 Å². The molecular formula is C15H14N2O4. The Labute approximate surface area is 121 Å². The number of carbonyl (C=O) groups is 2. The summed E-state index contributed by atoms with van der Waals surface area (Å²) in [4.78, 5) is 29.8. The minimum Gasteiger partial charge on any atom is -0.481 e. The van der Waals surface area contributed by atoms with E-state index in [1.807, 2.05) is 18.2 Å². The molecule has 1 aromatic heterocycles. The highest BCUT2D eigenvalue weighted by atomic mass is 16.5. The molecule has 3 aliphatic heterocycles. The molecule has 0 saturated carbocycles. The number of fused-ring (bicyclic) bond motifs is 1. The molecular weight excluding hydrogens is 272 g/mol. The highest BCUT2D eigenvalue weighted by molar-refractivity contribution is 5.90. The van der Waals surface area contributed by atoms with E-state index in [1.165, 1.54) is 0 Å². The Morgan fingerprint density at radius 1 is 1.57 bits per heavy atom. The van der Waals surface area contributed by atoms with Gasteiger partial charge in [-0.3, -0.25) is 14.6 Å². The van der Waals surface area contributed by atoms with Crippen molar-refractivity contribution in [2.45, 2.75) is 18.2 Å². The van der Waals surface area contributed by atoms with Crippen LogP contribution in [0.5, 0.6) is 0 Å². The lowest BCUT2D eigenvalue weighted by Crippen LogP contribution is -2.39. The Bertz CT molecular complexity index is 644. The van der Waals surface area contributed by atoms with E-state index in [9.17, 15) is 14.7 Å². The second-order valence-electron chi connectivity index (χ2n) is 5.79. The second-order valence-corrected chi connectivity index (χ2v) is 5.79. The van der Waals surface area contributed by atoms with Crippen LogP contribution in [0.2, 0.25) is 0 Å². The molecule has 1 spiro atoms. The summed E-state index contributed by atoms with van der Waals surface area (Å²) in [6.07, 6.45) is 6.55. The topological polar surface area (TPSA) is 79.7 Å². The Morgan fingerprint density at radius 2 is 2.43 bits per heavy atom. The first-order chi connectivity index (χ1) is 10.1. The Balaban J connectivity index is 1.63. The van der Waals surface area contributed by atoms with Crippen molar-refractivity contribution in [2.75, 3.05) is 6.54 Å². The van der Waals surface area contributed by atoms with Gasteiger partial charge in [0, 0.05) is 18.9 Å². The fraction of sp³-hybridized carbons (Fsp3) is 0.400. The van der Waals surface area contributed by atoms with Crippen molar-refractivity contribution in [3.63, 3.8) is 0 Å². The van der Waals surface area contributed by atoms with Crippen LogP contribution in [0.1, 0.15) is 5.56 Å². The molecule has 4 atom stereocenters. The monoisotopic (exact) mass is 286 g/mol. The maximum atomic E-state index is 12.6. The van der Waals surface area contributed by atoms with Crippen LogP contribution in [0.4, 0.5) is 0 Å². The van der Waals surface area contributed by atoms with E-state index in [0.29, 0.717) is 13.1 Å². The molecule has 21 heavy (non-hydrogen) atoms. The standard InChI is InChI=1S/C15H14N2O4/c18-13-12-11(14(19)20)10-3-4-15(12,21-10)8-17(13)7-9-2-1-5-16-6-9/h1-6,10-12H,7-8H2,(H,19,20)/t10-,11-,12-,15-/m1/s1. The molecule has 4 rings (SSSR count). The summed E-state index contributed by atoms with van der Waals surface area (Å²) >= 11 is 0. The number of pyridine rings is 1. The number of hydrogen-bond donors (Lipinski definition) is 1. The van der Waals surface area contributed by atoms with Crippen molar-refractivity contribution >= 4 is 11.9 Å². The van der Waals surface area contributed by atoms with Gasteiger partial charge in [0.1, 0.15) is 11.5 Å². The van der Waals surface area contributed by atoms with Gasteiger partial charge in [0.25, 0.3) is 0 Å². The van der Waals surface area contributed by atoms with Crippen LogP contribution in [0.3, 0.4) is 0 Å². The first-order valence-electron chi connectivity index (χ1n) is 6.88. The zero-order chi connectivity index (χ0) is 14.6. The number of aliphatic carboxylic acids is 1. The van der Waals surface area contributed by atoms with E-state index in [2.05, 4.69) is 4.98 Å². The number of nitrogens with zero attached hydrogens (tertiary/aromatic N) is 2. The first kappa shape index (κ1) is 12.5. The highest BCUT2D eigenvalue weighted by Gasteiger charge is 2.66. The predicted molar refractivity (Wildman–Crippen MR) is 71.0 cm³/mol. The van der Waals surface area contributed by atoms with Gasteiger partial charge in [-0.25, -0.2) is 0 Å². The molecule has 108 valence electrons. The number of ether oxygens (including phenoxy) is 1. The molecule has 0 radical (unpaired) electrons. The second kappa shape index (κ2) is 4.14. The van der Waals surface area contributed by atoms with Gasteiger partial charge in [0.05, 0.1) is 18.6 Å². The van der Waals surface area contributed by atoms with Crippen LogP contribution in [0.15, 0.2) is 36.7 Å². The number of rotatable bonds is 3. The van der Waals surface area contributed by atoms with Crippen LogP contribution >= 0.6 is 0 Å². The number of carboxylic acid groups (broad SMARTS) is 1. The van der Waals surface area contributed by atoms with Crippen molar-refractivity contribution in [2.24, 2.45) is 11.8 Å². The van der Waals surface area contributed by atoms with E-state index in [0.717, 1.165) is 5.56 Å². The van der Waals surface area contributed by atoms with Crippen molar-refractivity contribution in [1.82, 2.24) is 9.88 Å². The summed E-state index contributed by atoms with van der Waals surface area (Å²) in [5.74, 6) is -2.49. The fourth-order valence-corrected chi connectivity index (χ4v) is 3.71. The lowest BCUT2D eigenvalue weighted by molar-refractivity contribution is -0.148. The number of aromatic nitrogens is 1. The minimum absolute atomic E-state index is 0.141. The molecule has 0 unspecified atom stereocenters. The average molecular weight is 286 g/mol. The van der Waals surface area contributed by atoms with Gasteiger partial charge in [-0.05, 0) is 11.6 Å². The smallest absolute Gasteiger partial charge is 0.310 e. The van der Waals surface area contributed by atoms with E-state index in [-0.39, 0.29) is 5.91 Å². The molecule has 2 bridgehead atoms. The summed E-state index contributed by atoms with van der Waals surface area (Å²) in [6, 6.07) is 3.71. The van der Waals surface area contributed by atoms with Crippen molar-refractivity contribution in [3.05, 3.63) is 42.2 Å². The maximum Gasteiger partial charge on any atom is 0.310 e. The third kappa shape index (κ3) is 1.65. The van der Waals surface area contributed by atoms with E-state index >= 15 is 0 Å². The third-order valence-electron chi connectivity index (χ3n) is 4.56. The van der Waals surface area contributed by atoms with Gasteiger partial charge in [0.2, 0.25) is 5.91 Å². The number of likely N-dealkylation sites (tertiary alicyclic amines) is 1. The van der Waals surface area contributed by atoms with Crippen LogP contribution in [0, 0.1) is 11.8 Å².